The fraction of sp³-hybridized carbons (Fsp3) is 1.00. The van der Waals surface area contributed by atoms with E-state index >= 15 is 0 Å². The van der Waals surface area contributed by atoms with Crippen molar-refractivity contribution in [1.29, 1.82) is 0 Å². The van der Waals surface area contributed by atoms with Crippen LogP contribution in [0.2, 0.25) is 0 Å². The number of rotatable bonds is 4. The zero-order valence-corrected chi connectivity index (χ0v) is 12.5. The molecule has 0 radical (unpaired) electrons. The largest absolute Gasteiger partial charge is 0.370 e. The molecule has 19 heavy (non-hydrogen) atoms. The number of ether oxygens (including phenoxy) is 1. The lowest BCUT2D eigenvalue weighted by Gasteiger charge is -2.30. The van der Waals surface area contributed by atoms with Crippen molar-refractivity contribution in [3.63, 3.8) is 0 Å². The number of hydrogen-bond donors (Lipinski definition) is 1. The summed E-state index contributed by atoms with van der Waals surface area (Å²) in [6, 6.07) is 0.709. The normalized spacial score (nSPS) is 34.4. The number of piperidine rings is 1. The average Bonchev–Trinajstić information content (AvgIpc) is 3.02. The van der Waals surface area contributed by atoms with E-state index in [1.165, 1.54) is 70.9 Å². The van der Waals surface area contributed by atoms with Gasteiger partial charge in [0.2, 0.25) is 0 Å². The highest BCUT2D eigenvalue weighted by atomic mass is 16.5. The maximum Gasteiger partial charge on any atom is 0.0710 e. The van der Waals surface area contributed by atoms with Gasteiger partial charge in [-0.3, -0.25) is 0 Å². The third kappa shape index (κ3) is 3.50. The summed E-state index contributed by atoms with van der Waals surface area (Å²) in [5, 5.41) is 3.64. The molecule has 2 saturated heterocycles. The van der Waals surface area contributed by atoms with E-state index in [1.807, 2.05) is 0 Å². The molecular formula is C16H30N2O. The Bertz CT molecular complexity index is 282. The fourth-order valence-corrected chi connectivity index (χ4v) is 4.29. The molecule has 3 rings (SSSR count). The van der Waals surface area contributed by atoms with E-state index in [9.17, 15) is 0 Å². The minimum atomic E-state index is 0.300. The lowest BCUT2D eigenvalue weighted by atomic mass is 9.98. The molecule has 2 aliphatic heterocycles. The van der Waals surface area contributed by atoms with Crippen LogP contribution >= 0.6 is 0 Å². The Morgan fingerprint density at radius 2 is 1.89 bits per heavy atom. The number of hydrogen-bond acceptors (Lipinski definition) is 3. The maximum atomic E-state index is 6.41. The molecule has 1 saturated carbocycles. The molecule has 0 aromatic heterocycles. The molecule has 0 aromatic carbocycles. The maximum absolute atomic E-state index is 6.41. The van der Waals surface area contributed by atoms with Crippen molar-refractivity contribution < 1.29 is 4.74 Å². The van der Waals surface area contributed by atoms with E-state index in [0.717, 1.165) is 6.54 Å². The van der Waals surface area contributed by atoms with E-state index in [4.69, 9.17) is 4.74 Å². The zero-order valence-electron chi connectivity index (χ0n) is 12.5. The highest BCUT2D eigenvalue weighted by Gasteiger charge is 2.42. The lowest BCUT2D eigenvalue weighted by molar-refractivity contribution is -0.0457. The summed E-state index contributed by atoms with van der Waals surface area (Å²) in [5.41, 5.74) is 0.300. The van der Waals surface area contributed by atoms with E-state index in [0.29, 0.717) is 17.7 Å². The van der Waals surface area contributed by atoms with Crippen LogP contribution in [-0.2, 0) is 4.74 Å². The summed E-state index contributed by atoms with van der Waals surface area (Å²) >= 11 is 0. The van der Waals surface area contributed by atoms with E-state index in [2.05, 4.69) is 17.3 Å². The molecule has 1 spiro atoms. The third-order valence-corrected chi connectivity index (χ3v) is 5.31. The Kier molecular flexibility index (Phi) is 4.45. The molecule has 0 amide bonds. The second-order valence-electron chi connectivity index (χ2n) is 7.04. The molecule has 3 aliphatic rings. The van der Waals surface area contributed by atoms with Gasteiger partial charge in [-0.2, -0.15) is 0 Å². The van der Waals surface area contributed by atoms with Crippen molar-refractivity contribution in [2.75, 3.05) is 26.7 Å². The summed E-state index contributed by atoms with van der Waals surface area (Å²) in [5.74, 6) is 0. The van der Waals surface area contributed by atoms with Crippen molar-refractivity contribution >= 4 is 0 Å². The molecule has 1 aliphatic carbocycles. The molecule has 2 heterocycles. The molecule has 110 valence electrons. The summed E-state index contributed by atoms with van der Waals surface area (Å²) in [7, 11) is 2.26. The second kappa shape index (κ2) is 6.11. The van der Waals surface area contributed by atoms with Gasteiger partial charge in [-0.15, -0.1) is 0 Å². The van der Waals surface area contributed by atoms with Crippen LogP contribution in [0.3, 0.4) is 0 Å². The van der Waals surface area contributed by atoms with Crippen LogP contribution in [0, 0.1) is 0 Å². The quantitative estimate of drug-likeness (QED) is 0.846. The van der Waals surface area contributed by atoms with Crippen LogP contribution in [0.4, 0.5) is 0 Å². The van der Waals surface area contributed by atoms with Crippen LogP contribution < -0.4 is 5.32 Å². The van der Waals surface area contributed by atoms with Gasteiger partial charge in [-0.25, -0.2) is 0 Å². The van der Waals surface area contributed by atoms with Crippen LogP contribution in [0.15, 0.2) is 0 Å². The van der Waals surface area contributed by atoms with Gasteiger partial charge < -0.3 is 15.0 Å². The molecule has 2 unspecified atom stereocenters. The first-order valence-electron chi connectivity index (χ1n) is 8.36. The summed E-state index contributed by atoms with van der Waals surface area (Å²) < 4.78 is 6.41. The Morgan fingerprint density at radius 1 is 1.05 bits per heavy atom. The Balaban J connectivity index is 1.41. The minimum Gasteiger partial charge on any atom is -0.370 e. The second-order valence-corrected chi connectivity index (χ2v) is 7.04. The zero-order chi connectivity index (χ0) is 13.1. The van der Waals surface area contributed by atoms with Gasteiger partial charge in [0.15, 0.2) is 0 Å². The van der Waals surface area contributed by atoms with Crippen LogP contribution in [0.5, 0.6) is 0 Å². The number of likely N-dealkylation sites (N-methyl/N-ethyl adjacent to an activating group) is 1. The summed E-state index contributed by atoms with van der Waals surface area (Å²) in [6.45, 7) is 3.52. The standard InChI is InChI=1S/C16H30N2O/c1-18(12-14-6-2-5-11-17-14)13-15-7-10-16(19-15)8-3-4-9-16/h14-15,17H,2-13H2,1H3. The van der Waals surface area contributed by atoms with Crippen LogP contribution in [-0.4, -0.2) is 49.3 Å². The van der Waals surface area contributed by atoms with Crippen molar-refractivity contribution in [2.24, 2.45) is 0 Å². The van der Waals surface area contributed by atoms with E-state index in [-0.39, 0.29) is 0 Å². The molecule has 3 heteroatoms. The van der Waals surface area contributed by atoms with Gasteiger partial charge >= 0.3 is 0 Å². The van der Waals surface area contributed by atoms with E-state index in [1.54, 1.807) is 0 Å². The molecule has 0 aromatic rings. The first-order chi connectivity index (χ1) is 9.26. The molecule has 1 N–H and O–H groups in total. The van der Waals surface area contributed by atoms with Gasteiger partial charge in [0.05, 0.1) is 11.7 Å². The Morgan fingerprint density at radius 3 is 2.63 bits per heavy atom. The van der Waals surface area contributed by atoms with Gasteiger partial charge in [0, 0.05) is 19.1 Å². The first kappa shape index (κ1) is 13.8. The number of nitrogens with zero attached hydrogens (tertiary/aromatic N) is 1. The minimum absolute atomic E-state index is 0.300. The van der Waals surface area contributed by atoms with E-state index < -0.39 is 0 Å². The van der Waals surface area contributed by atoms with Crippen molar-refractivity contribution in [2.45, 2.75) is 75.5 Å². The van der Waals surface area contributed by atoms with Crippen molar-refractivity contribution in [3.05, 3.63) is 0 Å². The highest BCUT2D eigenvalue weighted by molar-refractivity contribution is 4.93. The third-order valence-electron chi connectivity index (χ3n) is 5.31. The monoisotopic (exact) mass is 266 g/mol. The summed E-state index contributed by atoms with van der Waals surface area (Å²) in [4.78, 5) is 2.49. The predicted molar refractivity (Wildman–Crippen MR) is 78.4 cm³/mol. The van der Waals surface area contributed by atoms with Gasteiger partial charge in [-0.05, 0) is 52.1 Å². The Labute approximate surface area is 118 Å². The molecule has 2 atom stereocenters. The first-order valence-corrected chi connectivity index (χ1v) is 8.36. The van der Waals surface area contributed by atoms with Crippen LogP contribution in [0.25, 0.3) is 0 Å². The smallest absolute Gasteiger partial charge is 0.0710 e. The molecule has 3 fully saturated rings. The van der Waals surface area contributed by atoms with Gasteiger partial charge in [0.25, 0.3) is 0 Å². The average molecular weight is 266 g/mol. The topological polar surface area (TPSA) is 24.5 Å². The highest BCUT2D eigenvalue weighted by Crippen LogP contribution is 2.43. The molecule has 0 bridgehead atoms. The van der Waals surface area contributed by atoms with Gasteiger partial charge in [-0.1, -0.05) is 19.3 Å². The SMILES string of the molecule is CN(CC1CCCCN1)CC1CCC2(CCCC2)O1. The van der Waals surface area contributed by atoms with Crippen LogP contribution in [0.1, 0.15) is 57.8 Å². The molecular weight excluding hydrogens is 236 g/mol. The molecule has 3 nitrogen and oxygen atoms in total. The number of nitrogens with one attached hydrogen (secondary N) is 1. The predicted octanol–water partition coefficient (Wildman–Crippen LogP) is 2.55. The van der Waals surface area contributed by atoms with Gasteiger partial charge in [0.1, 0.15) is 0 Å². The van der Waals surface area contributed by atoms with Crippen molar-refractivity contribution in [3.8, 4) is 0 Å². The van der Waals surface area contributed by atoms with Crippen molar-refractivity contribution in [1.82, 2.24) is 10.2 Å². The fourth-order valence-electron chi connectivity index (χ4n) is 4.29. The summed E-state index contributed by atoms with van der Waals surface area (Å²) in [6.07, 6.45) is 12.6. The lowest BCUT2D eigenvalue weighted by Crippen LogP contribution is -2.44. The Hall–Kier alpha value is -0.120.